The second-order valence-corrected chi connectivity index (χ2v) is 4.52. The first kappa shape index (κ1) is 11.3. The number of benzene rings is 1. The van der Waals surface area contributed by atoms with Crippen molar-refractivity contribution in [3.8, 4) is 0 Å². The van der Waals surface area contributed by atoms with E-state index < -0.39 is 0 Å². The summed E-state index contributed by atoms with van der Waals surface area (Å²) in [6.07, 6.45) is 2.87. The van der Waals surface area contributed by atoms with E-state index in [2.05, 4.69) is 36.1 Å². The van der Waals surface area contributed by atoms with E-state index in [0.29, 0.717) is 12.3 Å². The van der Waals surface area contributed by atoms with Crippen LogP contribution in [0.5, 0.6) is 0 Å². The molecule has 0 spiro atoms. The van der Waals surface area contributed by atoms with Gasteiger partial charge in [0, 0.05) is 13.0 Å². The molecule has 2 rings (SSSR count). The van der Waals surface area contributed by atoms with E-state index in [9.17, 15) is 4.79 Å². The van der Waals surface area contributed by atoms with Gasteiger partial charge in [-0.2, -0.15) is 0 Å². The van der Waals surface area contributed by atoms with E-state index in [1.807, 2.05) is 0 Å². The molecule has 1 aliphatic heterocycles. The topological polar surface area (TPSA) is 20.3 Å². The van der Waals surface area contributed by atoms with Gasteiger partial charge < -0.3 is 0 Å². The number of ketones is 1. The van der Waals surface area contributed by atoms with E-state index in [1.54, 1.807) is 0 Å². The minimum Gasteiger partial charge on any atom is -0.298 e. The molecule has 0 amide bonds. The molecule has 1 heterocycles. The van der Waals surface area contributed by atoms with Crippen LogP contribution in [0.4, 0.5) is 0 Å². The summed E-state index contributed by atoms with van der Waals surface area (Å²) in [4.78, 5) is 13.6. The van der Waals surface area contributed by atoms with E-state index in [0.717, 1.165) is 32.4 Å². The van der Waals surface area contributed by atoms with Gasteiger partial charge in [0.2, 0.25) is 0 Å². The van der Waals surface area contributed by atoms with Crippen LogP contribution >= 0.6 is 0 Å². The predicted octanol–water partition coefficient (Wildman–Crippen LogP) is 2.41. The molecule has 2 nitrogen and oxygen atoms in total. The fraction of sp³-hybridized carbons (Fsp3) is 0.500. The third-order valence-corrected chi connectivity index (χ3v) is 3.17. The lowest BCUT2D eigenvalue weighted by molar-refractivity contribution is -0.122. The summed E-state index contributed by atoms with van der Waals surface area (Å²) in [5.74, 6) is 0.386. The van der Waals surface area contributed by atoms with Gasteiger partial charge in [0.25, 0.3) is 0 Å². The van der Waals surface area contributed by atoms with Crippen LogP contribution in [0.3, 0.4) is 0 Å². The average molecular weight is 217 g/mol. The van der Waals surface area contributed by atoms with Gasteiger partial charge in [-0.05, 0) is 30.5 Å². The minimum absolute atomic E-state index is 0.386. The average Bonchev–Trinajstić information content (AvgIpc) is 2.30. The standard InChI is InChI=1S/C14H19NO/c1-2-12-5-7-13(8-6-12)10-15-9-3-4-14(16)11-15/h5-8H,2-4,9-11H2,1H3. The van der Waals surface area contributed by atoms with Crippen LogP contribution in [0.1, 0.15) is 30.9 Å². The highest BCUT2D eigenvalue weighted by Gasteiger charge is 2.16. The Bertz CT molecular complexity index is 356. The molecule has 1 saturated heterocycles. The van der Waals surface area contributed by atoms with Crippen LogP contribution in [0, 0.1) is 0 Å². The number of carbonyl (C=O) groups is 1. The number of rotatable bonds is 3. The van der Waals surface area contributed by atoms with Crippen molar-refractivity contribution in [3.05, 3.63) is 35.4 Å². The third-order valence-electron chi connectivity index (χ3n) is 3.17. The maximum absolute atomic E-state index is 11.3. The molecule has 16 heavy (non-hydrogen) atoms. The van der Waals surface area contributed by atoms with Crippen molar-refractivity contribution in [1.82, 2.24) is 4.90 Å². The van der Waals surface area contributed by atoms with Crippen LogP contribution in [0.25, 0.3) is 0 Å². The second-order valence-electron chi connectivity index (χ2n) is 4.52. The second kappa shape index (κ2) is 5.26. The first-order chi connectivity index (χ1) is 7.78. The van der Waals surface area contributed by atoms with Gasteiger partial charge >= 0.3 is 0 Å². The van der Waals surface area contributed by atoms with Gasteiger partial charge in [0.15, 0.2) is 0 Å². The molecule has 0 N–H and O–H groups in total. The van der Waals surface area contributed by atoms with Crippen molar-refractivity contribution in [2.45, 2.75) is 32.7 Å². The number of nitrogens with zero attached hydrogens (tertiary/aromatic N) is 1. The van der Waals surface area contributed by atoms with E-state index in [1.165, 1.54) is 11.1 Å². The lowest BCUT2D eigenvalue weighted by Crippen LogP contribution is -2.34. The summed E-state index contributed by atoms with van der Waals surface area (Å²) in [6.45, 7) is 4.77. The maximum Gasteiger partial charge on any atom is 0.146 e. The van der Waals surface area contributed by atoms with Crippen molar-refractivity contribution in [3.63, 3.8) is 0 Å². The normalized spacial score (nSPS) is 17.7. The first-order valence-electron chi connectivity index (χ1n) is 6.10. The van der Waals surface area contributed by atoms with Crippen LogP contribution in [-0.4, -0.2) is 23.8 Å². The van der Waals surface area contributed by atoms with Gasteiger partial charge in [0.1, 0.15) is 5.78 Å². The molecule has 0 bridgehead atoms. The van der Waals surface area contributed by atoms with Crippen LogP contribution in [-0.2, 0) is 17.8 Å². The number of hydrogen-bond acceptors (Lipinski definition) is 2. The van der Waals surface area contributed by atoms with Crippen molar-refractivity contribution in [2.75, 3.05) is 13.1 Å². The number of hydrogen-bond donors (Lipinski definition) is 0. The molecule has 0 aromatic heterocycles. The van der Waals surface area contributed by atoms with Gasteiger partial charge in [-0.25, -0.2) is 0 Å². The number of piperidine rings is 1. The molecule has 0 radical (unpaired) electrons. The number of likely N-dealkylation sites (tertiary alicyclic amines) is 1. The Hall–Kier alpha value is -1.15. The summed E-state index contributed by atoms with van der Waals surface area (Å²) >= 11 is 0. The van der Waals surface area contributed by atoms with Gasteiger partial charge in [-0.3, -0.25) is 9.69 Å². The summed E-state index contributed by atoms with van der Waals surface area (Å²) < 4.78 is 0. The Labute approximate surface area is 97.3 Å². The fourth-order valence-corrected chi connectivity index (χ4v) is 2.18. The molecule has 86 valence electrons. The Morgan fingerprint density at radius 3 is 2.50 bits per heavy atom. The van der Waals surface area contributed by atoms with Crippen molar-refractivity contribution in [1.29, 1.82) is 0 Å². The highest BCUT2D eigenvalue weighted by atomic mass is 16.1. The van der Waals surface area contributed by atoms with Crippen LogP contribution in [0.2, 0.25) is 0 Å². The van der Waals surface area contributed by atoms with E-state index in [-0.39, 0.29) is 0 Å². The lowest BCUT2D eigenvalue weighted by atomic mass is 10.1. The predicted molar refractivity (Wildman–Crippen MR) is 65.3 cm³/mol. The Morgan fingerprint density at radius 1 is 1.19 bits per heavy atom. The zero-order valence-electron chi connectivity index (χ0n) is 9.91. The number of Topliss-reactive ketones (excluding diaryl/α,β-unsaturated/α-hetero) is 1. The first-order valence-corrected chi connectivity index (χ1v) is 6.10. The molecule has 1 aromatic rings. The van der Waals surface area contributed by atoms with Crippen LogP contribution in [0.15, 0.2) is 24.3 Å². The molecule has 1 aliphatic rings. The summed E-state index contributed by atoms with van der Waals surface area (Å²) in [5, 5.41) is 0. The van der Waals surface area contributed by atoms with E-state index >= 15 is 0 Å². The Kier molecular flexibility index (Phi) is 3.73. The maximum atomic E-state index is 11.3. The molecular formula is C14H19NO. The fourth-order valence-electron chi connectivity index (χ4n) is 2.18. The molecule has 0 aliphatic carbocycles. The largest absolute Gasteiger partial charge is 0.298 e. The molecule has 0 atom stereocenters. The smallest absolute Gasteiger partial charge is 0.146 e. The summed E-state index contributed by atoms with van der Waals surface area (Å²) in [7, 11) is 0. The minimum atomic E-state index is 0.386. The highest BCUT2D eigenvalue weighted by Crippen LogP contribution is 2.12. The highest BCUT2D eigenvalue weighted by molar-refractivity contribution is 5.81. The Morgan fingerprint density at radius 2 is 1.88 bits per heavy atom. The zero-order chi connectivity index (χ0) is 11.4. The zero-order valence-corrected chi connectivity index (χ0v) is 9.91. The van der Waals surface area contributed by atoms with Gasteiger partial charge in [-0.1, -0.05) is 31.2 Å². The van der Waals surface area contributed by atoms with Crippen molar-refractivity contribution >= 4 is 5.78 Å². The monoisotopic (exact) mass is 217 g/mol. The molecule has 2 heteroatoms. The van der Waals surface area contributed by atoms with Crippen LogP contribution < -0.4 is 0 Å². The van der Waals surface area contributed by atoms with Crippen molar-refractivity contribution < 1.29 is 4.79 Å². The molecular weight excluding hydrogens is 198 g/mol. The molecule has 0 saturated carbocycles. The van der Waals surface area contributed by atoms with Crippen molar-refractivity contribution in [2.24, 2.45) is 0 Å². The Balaban J connectivity index is 1.94. The summed E-state index contributed by atoms with van der Waals surface area (Å²) in [5.41, 5.74) is 2.69. The molecule has 0 unspecified atom stereocenters. The number of carbonyl (C=O) groups excluding carboxylic acids is 1. The molecule has 1 fully saturated rings. The van der Waals surface area contributed by atoms with Gasteiger partial charge in [-0.15, -0.1) is 0 Å². The third kappa shape index (κ3) is 2.92. The van der Waals surface area contributed by atoms with E-state index in [4.69, 9.17) is 0 Å². The SMILES string of the molecule is CCc1ccc(CN2CCCC(=O)C2)cc1. The quantitative estimate of drug-likeness (QED) is 0.775. The van der Waals surface area contributed by atoms with Gasteiger partial charge in [0.05, 0.1) is 6.54 Å². The summed E-state index contributed by atoms with van der Waals surface area (Å²) in [6, 6.07) is 8.72. The molecule has 1 aromatic carbocycles. The lowest BCUT2D eigenvalue weighted by Gasteiger charge is -2.25. The number of aryl methyl sites for hydroxylation is 1.